The molecule has 0 heterocycles. The molecule has 0 radical (unpaired) electrons. The van der Waals surface area contributed by atoms with Crippen molar-refractivity contribution in [2.75, 3.05) is 0 Å². The van der Waals surface area contributed by atoms with Crippen LogP contribution < -0.4 is 5.48 Å². The van der Waals surface area contributed by atoms with E-state index >= 15 is 0 Å². The number of hydrogen-bond donors (Lipinski definition) is 1. The summed E-state index contributed by atoms with van der Waals surface area (Å²) in [6, 6.07) is 4.59. The summed E-state index contributed by atoms with van der Waals surface area (Å²) >= 11 is 5.70. The molecule has 2 nitrogen and oxygen atoms in total. The first-order valence-corrected chi connectivity index (χ1v) is 5.56. The van der Waals surface area contributed by atoms with Gasteiger partial charge in [0.25, 0.3) is 0 Å². The second-order valence-electron chi connectivity index (χ2n) is 4.73. The van der Waals surface area contributed by atoms with E-state index in [9.17, 15) is 4.39 Å². The minimum absolute atomic E-state index is 0.0441. The third kappa shape index (κ3) is 4.08. The van der Waals surface area contributed by atoms with Gasteiger partial charge >= 0.3 is 0 Å². The standard InChI is InChI=1S/C12H17ClFNO/c1-8(15-16-12(2,3)4)9-5-6-11(14)10(13)7-9/h5-8,15H,1-4H3. The van der Waals surface area contributed by atoms with Gasteiger partial charge in [-0.2, -0.15) is 5.48 Å². The maximum Gasteiger partial charge on any atom is 0.141 e. The molecule has 0 amide bonds. The topological polar surface area (TPSA) is 21.3 Å². The molecule has 1 aromatic carbocycles. The molecular weight excluding hydrogens is 229 g/mol. The fraction of sp³-hybridized carbons (Fsp3) is 0.500. The van der Waals surface area contributed by atoms with E-state index in [2.05, 4.69) is 5.48 Å². The lowest BCUT2D eigenvalue weighted by atomic mass is 10.1. The zero-order chi connectivity index (χ0) is 12.3. The largest absolute Gasteiger partial charge is 0.296 e. The first-order valence-electron chi connectivity index (χ1n) is 5.18. The van der Waals surface area contributed by atoms with Crippen LogP contribution in [0.25, 0.3) is 0 Å². The smallest absolute Gasteiger partial charge is 0.141 e. The second-order valence-corrected chi connectivity index (χ2v) is 5.13. The number of nitrogens with one attached hydrogen (secondary N) is 1. The van der Waals surface area contributed by atoms with E-state index in [0.29, 0.717) is 0 Å². The molecule has 0 fully saturated rings. The van der Waals surface area contributed by atoms with Gasteiger partial charge in [-0.3, -0.25) is 4.84 Å². The summed E-state index contributed by atoms with van der Waals surface area (Å²) < 4.78 is 13.0. The summed E-state index contributed by atoms with van der Waals surface area (Å²) in [5.74, 6) is -0.408. The Bertz CT molecular complexity index is 363. The maximum atomic E-state index is 13.0. The monoisotopic (exact) mass is 245 g/mol. The number of halogens is 2. The third-order valence-electron chi connectivity index (χ3n) is 1.99. The SMILES string of the molecule is CC(NOC(C)(C)C)c1ccc(F)c(Cl)c1. The van der Waals surface area contributed by atoms with E-state index in [4.69, 9.17) is 16.4 Å². The van der Waals surface area contributed by atoms with E-state index in [0.717, 1.165) is 5.56 Å². The van der Waals surface area contributed by atoms with Gasteiger partial charge in [0.15, 0.2) is 0 Å². The second kappa shape index (κ2) is 5.13. The Morgan fingerprint density at radius 2 is 2.00 bits per heavy atom. The molecule has 4 heteroatoms. The van der Waals surface area contributed by atoms with Crippen LogP contribution in [-0.4, -0.2) is 5.60 Å². The highest BCUT2D eigenvalue weighted by atomic mass is 35.5. The Morgan fingerprint density at radius 3 is 2.50 bits per heavy atom. The predicted molar refractivity (Wildman–Crippen MR) is 63.8 cm³/mol. The van der Waals surface area contributed by atoms with Crippen LogP contribution in [0.3, 0.4) is 0 Å². The van der Waals surface area contributed by atoms with Gasteiger partial charge < -0.3 is 0 Å². The molecule has 1 unspecified atom stereocenters. The Morgan fingerprint density at radius 1 is 1.38 bits per heavy atom. The van der Waals surface area contributed by atoms with Crippen LogP contribution in [0.2, 0.25) is 5.02 Å². The highest BCUT2D eigenvalue weighted by Gasteiger charge is 2.14. The third-order valence-corrected chi connectivity index (χ3v) is 2.28. The van der Waals surface area contributed by atoms with Crippen LogP contribution in [0, 0.1) is 5.82 Å². The van der Waals surface area contributed by atoms with Crippen molar-refractivity contribution >= 4 is 11.6 Å². The average molecular weight is 246 g/mol. The lowest BCUT2D eigenvalue weighted by Crippen LogP contribution is -2.30. The first-order chi connectivity index (χ1) is 7.29. The Hall–Kier alpha value is -0.640. The fourth-order valence-corrected chi connectivity index (χ4v) is 1.30. The van der Waals surface area contributed by atoms with Gasteiger partial charge in [0, 0.05) is 0 Å². The molecule has 1 atom stereocenters. The van der Waals surface area contributed by atoms with Crippen LogP contribution in [-0.2, 0) is 4.84 Å². The summed E-state index contributed by atoms with van der Waals surface area (Å²) in [7, 11) is 0. The molecule has 1 aromatic rings. The quantitative estimate of drug-likeness (QED) is 0.817. The number of hydroxylamine groups is 1. The molecule has 0 aliphatic carbocycles. The summed E-state index contributed by atoms with van der Waals surface area (Å²) in [6.07, 6.45) is 0. The van der Waals surface area contributed by atoms with Gasteiger partial charge in [0.1, 0.15) is 5.82 Å². The van der Waals surface area contributed by atoms with Crippen molar-refractivity contribution in [3.05, 3.63) is 34.6 Å². The van der Waals surface area contributed by atoms with Crippen molar-refractivity contribution < 1.29 is 9.23 Å². The fourth-order valence-electron chi connectivity index (χ4n) is 1.11. The molecule has 0 saturated carbocycles. The summed E-state index contributed by atoms with van der Waals surface area (Å²) in [6.45, 7) is 7.77. The summed E-state index contributed by atoms with van der Waals surface area (Å²) in [5.41, 5.74) is 3.52. The molecule has 0 spiro atoms. The van der Waals surface area contributed by atoms with Crippen molar-refractivity contribution in [3.8, 4) is 0 Å². The van der Waals surface area contributed by atoms with Crippen LogP contribution in [0.15, 0.2) is 18.2 Å². The highest BCUT2D eigenvalue weighted by molar-refractivity contribution is 6.30. The van der Waals surface area contributed by atoms with Crippen LogP contribution in [0.4, 0.5) is 4.39 Å². The molecule has 1 rings (SSSR count). The number of rotatable bonds is 3. The first kappa shape index (κ1) is 13.4. The van der Waals surface area contributed by atoms with Crippen molar-refractivity contribution in [1.82, 2.24) is 5.48 Å². The van der Waals surface area contributed by atoms with Crippen molar-refractivity contribution in [2.45, 2.75) is 39.3 Å². The van der Waals surface area contributed by atoms with E-state index in [1.165, 1.54) is 6.07 Å². The lowest BCUT2D eigenvalue weighted by Gasteiger charge is -2.23. The van der Waals surface area contributed by atoms with E-state index < -0.39 is 5.82 Å². The van der Waals surface area contributed by atoms with Crippen LogP contribution in [0.1, 0.15) is 39.3 Å². The molecule has 0 aliphatic heterocycles. The molecule has 90 valence electrons. The molecular formula is C12H17ClFNO. The molecule has 0 aromatic heterocycles. The van der Waals surface area contributed by atoms with E-state index in [1.54, 1.807) is 12.1 Å². The summed E-state index contributed by atoms with van der Waals surface area (Å²) in [5, 5.41) is 0.127. The van der Waals surface area contributed by atoms with Crippen molar-refractivity contribution in [1.29, 1.82) is 0 Å². The Kier molecular flexibility index (Phi) is 4.30. The van der Waals surface area contributed by atoms with Gasteiger partial charge in [-0.15, -0.1) is 0 Å². The summed E-state index contributed by atoms with van der Waals surface area (Å²) in [4.78, 5) is 5.43. The lowest BCUT2D eigenvalue weighted by molar-refractivity contribution is -0.0866. The molecule has 1 N–H and O–H groups in total. The van der Waals surface area contributed by atoms with Gasteiger partial charge in [-0.1, -0.05) is 17.7 Å². The van der Waals surface area contributed by atoms with E-state index in [-0.39, 0.29) is 16.7 Å². The molecule has 0 aliphatic rings. The zero-order valence-corrected chi connectivity index (χ0v) is 10.7. The predicted octanol–water partition coefficient (Wildman–Crippen LogP) is 3.86. The van der Waals surface area contributed by atoms with Crippen LogP contribution in [0.5, 0.6) is 0 Å². The number of benzene rings is 1. The van der Waals surface area contributed by atoms with Gasteiger partial charge in [0.05, 0.1) is 16.7 Å². The highest BCUT2D eigenvalue weighted by Crippen LogP contribution is 2.21. The molecule has 0 bridgehead atoms. The van der Waals surface area contributed by atoms with Gasteiger partial charge in [0.2, 0.25) is 0 Å². The van der Waals surface area contributed by atoms with Gasteiger partial charge in [-0.25, -0.2) is 4.39 Å². The average Bonchev–Trinajstić information content (AvgIpc) is 2.17. The Labute approximate surface area is 101 Å². The maximum absolute atomic E-state index is 13.0. The molecule has 16 heavy (non-hydrogen) atoms. The zero-order valence-electron chi connectivity index (χ0n) is 9.97. The normalized spacial score (nSPS) is 13.9. The van der Waals surface area contributed by atoms with Crippen molar-refractivity contribution in [2.24, 2.45) is 0 Å². The van der Waals surface area contributed by atoms with E-state index in [1.807, 2.05) is 27.7 Å². The molecule has 0 saturated heterocycles. The minimum Gasteiger partial charge on any atom is -0.296 e. The minimum atomic E-state index is -0.408. The number of hydrogen-bond acceptors (Lipinski definition) is 2. The Balaban J connectivity index is 2.66. The van der Waals surface area contributed by atoms with Crippen molar-refractivity contribution in [3.63, 3.8) is 0 Å². The van der Waals surface area contributed by atoms with Crippen LogP contribution >= 0.6 is 11.6 Å². The van der Waals surface area contributed by atoms with Gasteiger partial charge in [-0.05, 0) is 45.4 Å².